The molecule has 1 N–H and O–H groups in total. The molecule has 24 heavy (non-hydrogen) atoms. The molecule has 0 aliphatic rings. The maximum absolute atomic E-state index is 12.4. The number of hydrogen-bond acceptors (Lipinski definition) is 5. The molecule has 0 unspecified atom stereocenters. The Kier molecular flexibility index (Phi) is 6.72. The summed E-state index contributed by atoms with van der Waals surface area (Å²) in [6.45, 7) is 10.8. The SMILES string of the molecule is Cc1ccc(COC(=O)[C@@H](NC(=O)OC(C)(C)C)C(C)(C)S)cc1. The maximum atomic E-state index is 12.4. The van der Waals surface area contributed by atoms with Crippen LogP contribution in [0.15, 0.2) is 24.3 Å². The summed E-state index contributed by atoms with van der Waals surface area (Å²) in [5.74, 6) is -0.554. The van der Waals surface area contributed by atoms with Gasteiger partial charge in [0.15, 0.2) is 0 Å². The number of amides is 1. The number of aryl methyl sites for hydroxylation is 1. The summed E-state index contributed by atoms with van der Waals surface area (Å²) in [5.41, 5.74) is 1.36. The predicted molar refractivity (Wildman–Crippen MR) is 97.2 cm³/mol. The highest BCUT2D eigenvalue weighted by Gasteiger charge is 2.36. The van der Waals surface area contributed by atoms with Crippen molar-refractivity contribution in [3.63, 3.8) is 0 Å². The molecule has 0 aliphatic carbocycles. The third-order valence-corrected chi connectivity index (χ3v) is 3.36. The lowest BCUT2D eigenvalue weighted by molar-refractivity contribution is -0.148. The van der Waals surface area contributed by atoms with Crippen molar-refractivity contribution in [2.75, 3.05) is 0 Å². The second-order valence-electron chi connectivity index (χ2n) is 7.33. The van der Waals surface area contributed by atoms with E-state index in [-0.39, 0.29) is 6.61 Å². The third-order valence-electron chi connectivity index (χ3n) is 3.10. The van der Waals surface area contributed by atoms with Gasteiger partial charge in [0, 0.05) is 4.75 Å². The number of nitrogens with one attached hydrogen (secondary N) is 1. The van der Waals surface area contributed by atoms with Gasteiger partial charge in [-0.05, 0) is 47.1 Å². The number of thiol groups is 1. The van der Waals surface area contributed by atoms with E-state index in [2.05, 4.69) is 17.9 Å². The van der Waals surface area contributed by atoms with Gasteiger partial charge in [0.05, 0.1) is 0 Å². The summed E-state index contributed by atoms with van der Waals surface area (Å²) >= 11 is 4.40. The van der Waals surface area contributed by atoms with E-state index in [1.807, 2.05) is 31.2 Å². The molecule has 6 heteroatoms. The van der Waals surface area contributed by atoms with Gasteiger partial charge in [0.1, 0.15) is 18.2 Å². The number of rotatable bonds is 5. The number of carbonyl (C=O) groups excluding carboxylic acids is 2. The van der Waals surface area contributed by atoms with Crippen molar-refractivity contribution in [3.05, 3.63) is 35.4 Å². The van der Waals surface area contributed by atoms with Crippen LogP contribution in [0.25, 0.3) is 0 Å². The smallest absolute Gasteiger partial charge is 0.408 e. The quantitative estimate of drug-likeness (QED) is 0.627. The minimum absolute atomic E-state index is 0.134. The van der Waals surface area contributed by atoms with Crippen molar-refractivity contribution >= 4 is 24.7 Å². The molecule has 0 radical (unpaired) electrons. The monoisotopic (exact) mass is 353 g/mol. The molecule has 5 nitrogen and oxygen atoms in total. The van der Waals surface area contributed by atoms with E-state index >= 15 is 0 Å². The third kappa shape index (κ3) is 7.25. The summed E-state index contributed by atoms with van der Waals surface area (Å²) in [4.78, 5) is 24.3. The van der Waals surface area contributed by atoms with Gasteiger partial charge < -0.3 is 14.8 Å². The van der Waals surface area contributed by atoms with Crippen molar-refractivity contribution in [2.45, 2.75) is 64.5 Å². The Morgan fingerprint density at radius 3 is 2.12 bits per heavy atom. The van der Waals surface area contributed by atoms with Crippen LogP contribution in [0.4, 0.5) is 4.79 Å². The fourth-order valence-electron chi connectivity index (χ4n) is 1.87. The van der Waals surface area contributed by atoms with Crippen LogP contribution in [-0.4, -0.2) is 28.5 Å². The number of benzene rings is 1. The Morgan fingerprint density at radius 2 is 1.67 bits per heavy atom. The van der Waals surface area contributed by atoms with E-state index < -0.39 is 28.5 Å². The Bertz CT molecular complexity index is 570. The molecule has 1 aromatic carbocycles. The fraction of sp³-hybridized carbons (Fsp3) is 0.556. The highest BCUT2D eigenvalue weighted by Crippen LogP contribution is 2.20. The van der Waals surface area contributed by atoms with E-state index in [0.29, 0.717) is 0 Å². The molecule has 0 bridgehead atoms. The Hall–Kier alpha value is -1.69. The molecule has 0 saturated heterocycles. The van der Waals surface area contributed by atoms with Crippen LogP contribution in [0.2, 0.25) is 0 Å². The summed E-state index contributed by atoms with van der Waals surface area (Å²) in [5, 5.41) is 2.55. The topological polar surface area (TPSA) is 64.6 Å². The van der Waals surface area contributed by atoms with Gasteiger partial charge >= 0.3 is 12.1 Å². The van der Waals surface area contributed by atoms with Crippen molar-refractivity contribution in [1.82, 2.24) is 5.32 Å². The van der Waals surface area contributed by atoms with Crippen molar-refractivity contribution in [2.24, 2.45) is 0 Å². The molecule has 0 aromatic heterocycles. The average molecular weight is 353 g/mol. The summed E-state index contributed by atoms with van der Waals surface area (Å²) in [6.07, 6.45) is -0.679. The van der Waals surface area contributed by atoms with Crippen LogP contribution in [0.3, 0.4) is 0 Å². The molecule has 0 spiro atoms. The molecular weight excluding hydrogens is 326 g/mol. The van der Waals surface area contributed by atoms with Crippen LogP contribution in [-0.2, 0) is 20.9 Å². The van der Waals surface area contributed by atoms with E-state index in [1.165, 1.54) is 0 Å². The minimum Gasteiger partial charge on any atom is -0.459 e. The zero-order valence-corrected chi connectivity index (χ0v) is 16.1. The van der Waals surface area contributed by atoms with Gasteiger partial charge in [-0.15, -0.1) is 0 Å². The van der Waals surface area contributed by atoms with E-state index in [9.17, 15) is 9.59 Å². The first-order valence-electron chi connectivity index (χ1n) is 7.82. The predicted octanol–water partition coefficient (Wildman–Crippen LogP) is 3.64. The molecule has 0 fully saturated rings. The first kappa shape index (κ1) is 20.4. The van der Waals surface area contributed by atoms with Crippen LogP contribution in [0, 0.1) is 6.92 Å². The average Bonchev–Trinajstić information content (AvgIpc) is 2.40. The molecule has 1 amide bonds. The Balaban J connectivity index is 2.72. The molecule has 0 heterocycles. The van der Waals surface area contributed by atoms with Gasteiger partial charge in [-0.2, -0.15) is 12.6 Å². The molecule has 134 valence electrons. The maximum Gasteiger partial charge on any atom is 0.408 e. The summed E-state index contributed by atoms with van der Waals surface area (Å²) in [6, 6.07) is 6.75. The van der Waals surface area contributed by atoms with Crippen LogP contribution in [0.1, 0.15) is 45.7 Å². The number of alkyl carbamates (subject to hydrolysis) is 1. The van der Waals surface area contributed by atoms with Gasteiger partial charge in [0.2, 0.25) is 0 Å². The summed E-state index contributed by atoms with van der Waals surface area (Å²) in [7, 11) is 0. The number of carbonyl (C=O) groups is 2. The van der Waals surface area contributed by atoms with Gasteiger partial charge in [-0.3, -0.25) is 0 Å². The van der Waals surface area contributed by atoms with E-state index in [4.69, 9.17) is 9.47 Å². The number of esters is 1. The molecule has 1 rings (SSSR count). The highest BCUT2D eigenvalue weighted by molar-refractivity contribution is 7.81. The van der Waals surface area contributed by atoms with Crippen LogP contribution < -0.4 is 5.32 Å². The van der Waals surface area contributed by atoms with Crippen molar-refractivity contribution in [1.29, 1.82) is 0 Å². The van der Waals surface area contributed by atoms with Crippen LogP contribution in [0.5, 0.6) is 0 Å². The zero-order valence-electron chi connectivity index (χ0n) is 15.2. The number of hydrogen-bond donors (Lipinski definition) is 2. The lowest BCUT2D eigenvalue weighted by atomic mass is 10.0. The molecule has 0 aliphatic heterocycles. The molecule has 0 saturated carbocycles. The standard InChI is InChI=1S/C18H27NO4S/c1-12-7-9-13(10-8-12)11-22-15(20)14(18(5,6)24)19-16(21)23-17(2,3)4/h7-10,14,24H,11H2,1-6H3,(H,19,21)/t14-/m1/s1. The Labute approximate surface area is 149 Å². The lowest BCUT2D eigenvalue weighted by Gasteiger charge is -2.30. The highest BCUT2D eigenvalue weighted by atomic mass is 32.1. The van der Waals surface area contributed by atoms with E-state index in [1.54, 1.807) is 34.6 Å². The largest absolute Gasteiger partial charge is 0.459 e. The fourth-order valence-corrected chi connectivity index (χ4v) is 2.04. The molecule has 1 aromatic rings. The normalized spacial score (nSPS) is 13.1. The van der Waals surface area contributed by atoms with Crippen molar-refractivity contribution < 1.29 is 19.1 Å². The molecular formula is C18H27NO4S. The van der Waals surface area contributed by atoms with Gasteiger partial charge in [0.25, 0.3) is 0 Å². The van der Waals surface area contributed by atoms with Crippen LogP contribution >= 0.6 is 12.6 Å². The number of ether oxygens (including phenoxy) is 2. The second-order valence-corrected chi connectivity index (χ2v) is 8.48. The van der Waals surface area contributed by atoms with Gasteiger partial charge in [-0.1, -0.05) is 29.8 Å². The first-order valence-corrected chi connectivity index (χ1v) is 8.27. The van der Waals surface area contributed by atoms with Gasteiger partial charge in [-0.25, -0.2) is 9.59 Å². The molecule has 1 atom stereocenters. The van der Waals surface area contributed by atoms with Crippen molar-refractivity contribution in [3.8, 4) is 0 Å². The van der Waals surface area contributed by atoms with E-state index in [0.717, 1.165) is 11.1 Å². The zero-order chi connectivity index (χ0) is 18.5. The lowest BCUT2D eigenvalue weighted by Crippen LogP contribution is -2.53. The Morgan fingerprint density at radius 1 is 1.12 bits per heavy atom. The summed E-state index contributed by atoms with van der Waals surface area (Å²) < 4.78 is 9.72. The first-order chi connectivity index (χ1) is 10.9. The minimum atomic E-state index is -0.930. The second kappa shape index (κ2) is 7.92.